The summed E-state index contributed by atoms with van der Waals surface area (Å²) in [6.07, 6.45) is 1.58. The normalized spacial score (nSPS) is 17.9. The van der Waals surface area contributed by atoms with Crippen molar-refractivity contribution in [1.29, 1.82) is 0 Å². The fourth-order valence-corrected chi connectivity index (χ4v) is 1.56. The monoisotopic (exact) mass is 202 g/mol. The van der Waals surface area contributed by atoms with Gasteiger partial charge in [-0.1, -0.05) is 12.1 Å². The summed E-state index contributed by atoms with van der Waals surface area (Å²) in [5, 5.41) is 3.13. The highest BCUT2D eigenvalue weighted by molar-refractivity contribution is 5.98. The van der Waals surface area contributed by atoms with Crippen molar-refractivity contribution in [2.24, 2.45) is 4.99 Å². The zero-order chi connectivity index (χ0) is 10.1. The number of benzene rings is 1. The molecule has 4 heteroatoms. The van der Waals surface area contributed by atoms with E-state index in [1.165, 1.54) is 0 Å². The summed E-state index contributed by atoms with van der Waals surface area (Å²) >= 11 is 0. The van der Waals surface area contributed by atoms with Crippen molar-refractivity contribution in [3.8, 4) is 11.5 Å². The van der Waals surface area contributed by atoms with E-state index in [0.29, 0.717) is 5.76 Å². The van der Waals surface area contributed by atoms with Crippen LogP contribution in [0, 0.1) is 0 Å². The van der Waals surface area contributed by atoms with Crippen LogP contribution in [0.3, 0.4) is 0 Å². The molecule has 15 heavy (non-hydrogen) atoms. The van der Waals surface area contributed by atoms with E-state index in [2.05, 4.69) is 10.3 Å². The largest absolute Gasteiger partial charge is 0.457 e. The first-order valence-electron chi connectivity index (χ1n) is 4.86. The Morgan fingerprint density at radius 1 is 1.20 bits per heavy atom. The molecule has 0 saturated carbocycles. The van der Waals surface area contributed by atoms with Gasteiger partial charge in [-0.15, -0.1) is 0 Å². The van der Waals surface area contributed by atoms with E-state index >= 15 is 0 Å². The second kappa shape index (κ2) is 3.31. The number of hydrogen-bond donors (Lipinski definition) is 1. The van der Waals surface area contributed by atoms with Crippen LogP contribution in [0.1, 0.15) is 0 Å². The molecule has 0 fully saturated rings. The fraction of sp³-hybridized carbons (Fsp3) is 0.182. The molecule has 0 radical (unpaired) electrons. The van der Waals surface area contributed by atoms with E-state index in [4.69, 9.17) is 9.47 Å². The van der Waals surface area contributed by atoms with Crippen LogP contribution in [0.4, 0.5) is 0 Å². The summed E-state index contributed by atoms with van der Waals surface area (Å²) in [6.45, 7) is 1.65. The first-order valence-corrected chi connectivity index (χ1v) is 4.86. The summed E-state index contributed by atoms with van der Waals surface area (Å²) in [5.41, 5.74) is 0. The molecule has 4 nitrogen and oxygen atoms in total. The van der Waals surface area contributed by atoms with E-state index in [-0.39, 0.29) is 0 Å². The molecule has 76 valence electrons. The van der Waals surface area contributed by atoms with Crippen LogP contribution < -0.4 is 14.8 Å². The molecule has 2 aliphatic heterocycles. The Balaban J connectivity index is 1.89. The average Bonchev–Trinajstić information content (AvgIpc) is 2.82. The Kier molecular flexibility index (Phi) is 1.84. The lowest BCUT2D eigenvalue weighted by Gasteiger charge is -2.17. The molecule has 1 N–H and O–H groups in total. The first kappa shape index (κ1) is 8.35. The number of aliphatic imine (C=N–C) groups is 1. The van der Waals surface area contributed by atoms with Gasteiger partial charge in [0.25, 0.3) is 0 Å². The van der Waals surface area contributed by atoms with E-state index in [1.54, 1.807) is 6.26 Å². The lowest BCUT2D eigenvalue weighted by molar-refractivity contribution is 0.343. The number of nitrogens with one attached hydrogen (secondary N) is 1. The molecule has 1 aromatic carbocycles. The van der Waals surface area contributed by atoms with Crippen LogP contribution in [0.15, 0.2) is 41.3 Å². The zero-order valence-electron chi connectivity index (χ0n) is 8.06. The molecule has 0 aromatic heterocycles. The number of amidine groups is 1. The highest BCUT2D eigenvalue weighted by atomic mass is 16.6. The minimum absolute atomic E-state index is 0.645. The quantitative estimate of drug-likeness (QED) is 0.746. The van der Waals surface area contributed by atoms with Gasteiger partial charge in [0.05, 0.1) is 6.54 Å². The fourth-order valence-electron chi connectivity index (χ4n) is 1.56. The Bertz CT molecular complexity index is 452. The number of fused-ring (bicyclic) bond motifs is 1. The van der Waals surface area contributed by atoms with Crippen LogP contribution in [0.25, 0.3) is 0 Å². The summed E-state index contributed by atoms with van der Waals surface area (Å²) in [5.74, 6) is 2.88. The van der Waals surface area contributed by atoms with Gasteiger partial charge in [-0.2, -0.15) is 0 Å². The molecule has 0 bridgehead atoms. The molecule has 0 saturated heterocycles. The van der Waals surface area contributed by atoms with Crippen LogP contribution in [0.2, 0.25) is 0 Å². The van der Waals surface area contributed by atoms with Gasteiger partial charge in [0, 0.05) is 6.54 Å². The van der Waals surface area contributed by atoms with Crippen LogP contribution >= 0.6 is 0 Å². The predicted octanol–water partition coefficient (Wildman–Crippen LogP) is 1.30. The Labute approximate surface area is 87.2 Å². The molecular weight excluding hydrogens is 192 g/mol. The number of hydrogen-bond acceptors (Lipinski definition) is 4. The van der Waals surface area contributed by atoms with E-state index in [0.717, 1.165) is 30.4 Å². The van der Waals surface area contributed by atoms with Gasteiger partial charge in [0.2, 0.25) is 5.76 Å². The second-order valence-corrected chi connectivity index (χ2v) is 3.31. The maximum Gasteiger partial charge on any atom is 0.204 e. The molecule has 0 unspecified atom stereocenters. The molecular formula is C11H10N2O2. The summed E-state index contributed by atoms with van der Waals surface area (Å²) < 4.78 is 11.1. The zero-order valence-corrected chi connectivity index (χ0v) is 8.06. The van der Waals surface area contributed by atoms with E-state index in [9.17, 15) is 0 Å². The van der Waals surface area contributed by atoms with Crippen LogP contribution in [-0.2, 0) is 0 Å². The van der Waals surface area contributed by atoms with Crippen molar-refractivity contribution < 1.29 is 9.47 Å². The molecule has 2 aliphatic rings. The van der Waals surface area contributed by atoms with Crippen molar-refractivity contribution >= 4 is 5.84 Å². The maximum atomic E-state index is 5.66. The third-order valence-corrected chi connectivity index (χ3v) is 2.27. The number of para-hydroxylation sites is 2. The minimum Gasteiger partial charge on any atom is -0.457 e. The van der Waals surface area contributed by atoms with Gasteiger partial charge in [-0.05, 0) is 12.1 Å². The van der Waals surface area contributed by atoms with E-state index < -0.39 is 0 Å². The second-order valence-electron chi connectivity index (χ2n) is 3.31. The number of nitrogens with zero attached hydrogens (tertiary/aromatic N) is 1. The number of ether oxygens (including phenoxy) is 2. The summed E-state index contributed by atoms with van der Waals surface area (Å²) in [6, 6.07) is 7.56. The molecule has 0 atom stereocenters. The first-order chi connectivity index (χ1) is 7.43. The summed E-state index contributed by atoms with van der Waals surface area (Å²) in [4.78, 5) is 4.26. The van der Waals surface area contributed by atoms with E-state index in [1.807, 2.05) is 24.3 Å². The SMILES string of the molecule is C1=C(C2=NCCN2)Oc2ccccc2O1. The Hall–Kier alpha value is -1.97. The molecule has 0 amide bonds. The topological polar surface area (TPSA) is 42.9 Å². The standard InChI is InChI=1S/C11H10N2O2/c1-2-4-9-8(3-1)14-7-10(15-9)11-12-5-6-13-11/h1-4,7H,5-6H2,(H,12,13). The lowest BCUT2D eigenvalue weighted by atomic mass is 10.3. The number of rotatable bonds is 1. The smallest absolute Gasteiger partial charge is 0.204 e. The molecule has 0 aliphatic carbocycles. The summed E-state index contributed by atoms with van der Waals surface area (Å²) in [7, 11) is 0. The third-order valence-electron chi connectivity index (χ3n) is 2.27. The Morgan fingerprint density at radius 2 is 2.07 bits per heavy atom. The lowest BCUT2D eigenvalue weighted by Crippen LogP contribution is -2.25. The molecule has 3 rings (SSSR count). The van der Waals surface area contributed by atoms with Gasteiger partial charge in [0.15, 0.2) is 17.3 Å². The maximum absolute atomic E-state index is 5.66. The Morgan fingerprint density at radius 3 is 2.87 bits per heavy atom. The van der Waals surface area contributed by atoms with Crippen molar-refractivity contribution in [3.63, 3.8) is 0 Å². The van der Waals surface area contributed by atoms with Gasteiger partial charge >= 0.3 is 0 Å². The predicted molar refractivity (Wildman–Crippen MR) is 56.1 cm³/mol. The highest BCUT2D eigenvalue weighted by Crippen LogP contribution is 2.31. The molecule has 2 heterocycles. The molecule has 0 spiro atoms. The molecule has 1 aromatic rings. The minimum atomic E-state index is 0.645. The third kappa shape index (κ3) is 1.44. The van der Waals surface area contributed by atoms with Crippen LogP contribution in [-0.4, -0.2) is 18.9 Å². The van der Waals surface area contributed by atoms with Crippen molar-refractivity contribution in [3.05, 3.63) is 36.3 Å². The van der Waals surface area contributed by atoms with Crippen molar-refractivity contribution in [2.75, 3.05) is 13.1 Å². The average molecular weight is 202 g/mol. The van der Waals surface area contributed by atoms with Crippen molar-refractivity contribution in [1.82, 2.24) is 5.32 Å². The van der Waals surface area contributed by atoms with Gasteiger partial charge in [0.1, 0.15) is 6.26 Å². The highest BCUT2D eigenvalue weighted by Gasteiger charge is 2.19. The van der Waals surface area contributed by atoms with Crippen LogP contribution in [0.5, 0.6) is 11.5 Å². The van der Waals surface area contributed by atoms with Gasteiger partial charge in [-0.3, -0.25) is 4.99 Å². The van der Waals surface area contributed by atoms with Gasteiger partial charge < -0.3 is 14.8 Å². The van der Waals surface area contributed by atoms with Crippen molar-refractivity contribution in [2.45, 2.75) is 0 Å². The van der Waals surface area contributed by atoms with Gasteiger partial charge in [-0.25, -0.2) is 0 Å².